The molecule has 0 heterocycles. The SMILES string of the molecule is CCCCCCCCCCOc1cccc(OC(=O)CCCC(C)C)c1OC(=O)CCCC(C)C. The van der Waals surface area contributed by atoms with Crippen molar-refractivity contribution in [2.75, 3.05) is 6.61 Å². The van der Waals surface area contributed by atoms with E-state index in [1.54, 1.807) is 18.2 Å². The van der Waals surface area contributed by atoms with Crippen LogP contribution in [-0.2, 0) is 9.59 Å². The molecule has 0 N–H and O–H groups in total. The number of esters is 2. The maximum absolute atomic E-state index is 12.5. The van der Waals surface area contributed by atoms with E-state index in [-0.39, 0.29) is 23.4 Å². The second-order valence-electron chi connectivity index (χ2n) is 10.4. The first-order valence-corrected chi connectivity index (χ1v) is 14.0. The van der Waals surface area contributed by atoms with Crippen molar-refractivity contribution in [3.8, 4) is 17.2 Å². The molecule has 0 saturated heterocycles. The molecule has 1 rings (SSSR count). The summed E-state index contributed by atoms with van der Waals surface area (Å²) < 4.78 is 17.3. The van der Waals surface area contributed by atoms with Gasteiger partial charge in [0, 0.05) is 12.8 Å². The molecule has 0 radical (unpaired) electrons. The Bertz CT molecular complexity index is 711. The molecule has 1 aromatic rings. The molecule has 0 spiro atoms. The topological polar surface area (TPSA) is 61.8 Å². The second kappa shape index (κ2) is 19.2. The van der Waals surface area contributed by atoms with Crippen LogP contribution in [0.1, 0.15) is 125 Å². The molecule has 200 valence electrons. The van der Waals surface area contributed by atoms with Gasteiger partial charge in [0.2, 0.25) is 5.75 Å². The lowest BCUT2D eigenvalue weighted by molar-refractivity contribution is -0.137. The van der Waals surface area contributed by atoms with Crippen LogP contribution in [0.25, 0.3) is 0 Å². The maximum Gasteiger partial charge on any atom is 0.311 e. The van der Waals surface area contributed by atoms with E-state index in [0.717, 1.165) is 38.5 Å². The van der Waals surface area contributed by atoms with E-state index in [1.807, 2.05) is 0 Å². The molecular weight excluding hydrogens is 440 g/mol. The average Bonchev–Trinajstić information content (AvgIpc) is 2.79. The number of rotatable bonds is 20. The largest absolute Gasteiger partial charge is 0.490 e. The van der Waals surface area contributed by atoms with Gasteiger partial charge in [-0.2, -0.15) is 0 Å². The molecule has 35 heavy (non-hydrogen) atoms. The van der Waals surface area contributed by atoms with Crippen LogP contribution in [-0.4, -0.2) is 18.5 Å². The van der Waals surface area contributed by atoms with E-state index >= 15 is 0 Å². The molecule has 0 aliphatic heterocycles. The Labute approximate surface area is 214 Å². The Morgan fingerprint density at radius 3 is 1.77 bits per heavy atom. The molecule has 0 aliphatic carbocycles. The first-order valence-electron chi connectivity index (χ1n) is 14.0. The Balaban J connectivity index is 2.71. The monoisotopic (exact) mass is 490 g/mol. The van der Waals surface area contributed by atoms with Crippen LogP contribution in [0.15, 0.2) is 18.2 Å². The molecule has 1 aromatic carbocycles. The summed E-state index contributed by atoms with van der Waals surface area (Å²) in [4.78, 5) is 24.9. The number of hydrogen-bond acceptors (Lipinski definition) is 5. The van der Waals surface area contributed by atoms with Gasteiger partial charge in [0.25, 0.3) is 0 Å². The number of hydrogen-bond donors (Lipinski definition) is 0. The Kier molecular flexibility index (Phi) is 17.0. The number of carbonyl (C=O) groups excluding carboxylic acids is 2. The standard InChI is InChI=1S/C30H50O5/c1-6-7-8-9-10-11-12-13-23-33-26-19-16-20-27(34-28(31)21-14-17-24(2)3)30(26)35-29(32)22-15-18-25(4)5/h16,19-20,24-25H,6-15,17-18,21-23H2,1-5H3. The minimum absolute atomic E-state index is 0.221. The molecule has 0 aliphatic rings. The Morgan fingerprint density at radius 1 is 0.686 bits per heavy atom. The van der Waals surface area contributed by atoms with Crippen molar-refractivity contribution in [3.05, 3.63) is 18.2 Å². The van der Waals surface area contributed by atoms with Crippen LogP contribution in [0.4, 0.5) is 0 Å². The number of unbranched alkanes of at least 4 members (excludes halogenated alkanes) is 7. The van der Waals surface area contributed by atoms with Crippen molar-refractivity contribution in [1.29, 1.82) is 0 Å². The normalized spacial score (nSPS) is 11.2. The second-order valence-corrected chi connectivity index (χ2v) is 10.4. The summed E-state index contributed by atoms with van der Waals surface area (Å²) in [7, 11) is 0. The van der Waals surface area contributed by atoms with E-state index in [4.69, 9.17) is 14.2 Å². The van der Waals surface area contributed by atoms with Gasteiger partial charge in [-0.1, -0.05) is 98.5 Å². The summed E-state index contributed by atoms with van der Waals surface area (Å²) in [6, 6.07) is 5.22. The summed E-state index contributed by atoms with van der Waals surface area (Å²) in [5, 5.41) is 0. The van der Waals surface area contributed by atoms with Crippen molar-refractivity contribution in [1.82, 2.24) is 0 Å². The lowest BCUT2D eigenvalue weighted by atomic mass is 10.1. The van der Waals surface area contributed by atoms with E-state index in [0.29, 0.717) is 37.0 Å². The van der Waals surface area contributed by atoms with Gasteiger partial charge < -0.3 is 14.2 Å². The molecule has 5 heteroatoms. The zero-order valence-electron chi connectivity index (χ0n) is 23.0. The zero-order chi connectivity index (χ0) is 25.9. The third kappa shape index (κ3) is 15.5. The van der Waals surface area contributed by atoms with Crippen molar-refractivity contribution in [2.24, 2.45) is 11.8 Å². The average molecular weight is 491 g/mol. The number of carbonyl (C=O) groups is 2. The van der Waals surface area contributed by atoms with E-state index in [2.05, 4.69) is 34.6 Å². The van der Waals surface area contributed by atoms with Gasteiger partial charge in [0.15, 0.2) is 11.5 Å². The fourth-order valence-corrected chi connectivity index (χ4v) is 3.86. The van der Waals surface area contributed by atoms with Gasteiger partial charge in [0.1, 0.15) is 0 Å². The van der Waals surface area contributed by atoms with Crippen molar-refractivity contribution < 1.29 is 23.8 Å². The Hall–Kier alpha value is -2.04. The molecule has 5 nitrogen and oxygen atoms in total. The smallest absolute Gasteiger partial charge is 0.311 e. The number of benzene rings is 1. The minimum Gasteiger partial charge on any atom is -0.490 e. The lowest BCUT2D eigenvalue weighted by Gasteiger charge is -2.16. The highest BCUT2D eigenvalue weighted by Crippen LogP contribution is 2.38. The van der Waals surface area contributed by atoms with Crippen LogP contribution < -0.4 is 14.2 Å². The van der Waals surface area contributed by atoms with Crippen LogP contribution in [0.5, 0.6) is 17.2 Å². The van der Waals surface area contributed by atoms with Crippen LogP contribution >= 0.6 is 0 Å². The third-order valence-electron chi connectivity index (χ3n) is 5.96. The first kappa shape index (κ1) is 31.0. The highest BCUT2D eigenvalue weighted by Gasteiger charge is 2.19. The van der Waals surface area contributed by atoms with Gasteiger partial charge in [-0.3, -0.25) is 9.59 Å². The maximum atomic E-state index is 12.5. The van der Waals surface area contributed by atoms with Gasteiger partial charge in [-0.15, -0.1) is 0 Å². The molecule has 0 fully saturated rings. The summed E-state index contributed by atoms with van der Waals surface area (Å²) in [5.41, 5.74) is 0. The quantitative estimate of drug-likeness (QED) is 0.104. The third-order valence-corrected chi connectivity index (χ3v) is 5.96. The predicted molar refractivity (Wildman–Crippen MR) is 143 cm³/mol. The number of para-hydroxylation sites is 1. The molecule has 0 amide bonds. The first-order chi connectivity index (χ1) is 16.8. The van der Waals surface area contributed by atoms with Crippen molar-refractivity contribution in [3.63, 3.8) is 0 Å². The summed E-state index contributed by atoms with van der Waals surface area (Å²) in [6.45, 7) is 11.3. The van der Waals surface area contributed by atoms with Gasteiger partial charge in [0.05, 0.1) is 6.61 Å². The van der Waals surface area contributed by atoms with Gasteiger partial charge >= 0.3 is 11.9 Å². The summed E-state index contributed by atoms with van der Waals surface area (Å²) >= 11 is 0. The molecular formula is C30H50O5. The highest BCUT2D eigenvalue weighted by atomic mass is 16.6. The minimum atomic E-state index is -0.328. The summed E-state index contributed by atoms with van der Waals surface area (Å²) in [5.74, 6) is 1.36. The van der Waals surface area contributed by atoms with E-state index < -0.39 is 0 Å². The van der Waals surface area contributed by atoms with Gasteiger partial charge in [-0.05, 0) is 43.2 Å². The fraction of sp³-hybridized carbons (Fsp3) is 0.733. The van der Waals surface area contributed by atoms with Gasteiger partial charge in [-0.25, -0.2) is 0 Å². The van der Waals surface area contributed by atoms with E-state index in [1.165, 1.54) is 38.5 Å². The van der Waals surface area contributed by atoms with Crippen LogP contribution in [0, 0.1) is 11.8 Å². The molecule has 0 saturated carbocycles. The number of ether oxygens (including phenoxy) is 3. The van der Waals surface area contributed by atoms with Crippen molar-refractivity contribution >= 4 is 11.9 Å². The molecule has 0 unspecified atom stereocenters. The van der Waals surface area contributed by atoms with Crippen LogP contribution in [0.2, 0.25) is 0 Å². The Morgan fingerprint density at radius 2 is 1.20 bits per heavy atom. The van der Waals surface area contributed by atoms with E-state index in [9.17, 15) is 9.59 Å². The highest BCUT2D eigenvalue weighted by molar-refractivity contribution is 5.77. The zero-order valence-corrected chi connectivity index (χ0v) is 23.0. The summed E-state index contributed by atoms with van der Waals surface area (Å²) in [6.07, 6.45) is 13.9. The lowest BCUT2D eigenvalue weighted by Crippen LogP contribution is -2.13. The molecule has 0 aromatic heterocycles. The van der Waals surface area contributed by atoms with Crippen LogP contribution in [0.3, 0.4) is 0 Å². The molecule has 0 atom stereocenters. The fourth-order valence-electron chi connectivity index (χ4n) is 3.86. The van der Waals surface area contributed by atoms with Crippen molar-refractivity contribution in [2.45, 2.75) is 125 Å². The molecule has 0 bridgehead atoms. The predicted octanol–water partition coefficient (Wildman–Crippen LogP) is 8.67.